The molecule has 0 radical (unpaired) electrons. The van der Waals surface area contributed by atoms with Crippen molar-refractivity contribution in [3.8, 4) is 0 Å². The summed E-state index contributed by atoms with van der Waals surface area (Å²) in [6, 6.07) is 10.0. The fraction of sp³-hybridized carbons (Fsp3) is 0.0769. The molecule has 0 aliphatic heterocycles. The molecule has 2 aromatic carbocycles. The fourth-order valence-corrected chi connectivity index (χ4v) is 3.13. The third-order valence-corrected chi connectivity index (χ3v) is 4.38. The number of aryl methyl sites for hydroxylation is 1. The number of sulfonamides is 1. The Labute approximate surface area is 121 Å². The van der Waals surface area contributed by atoms with Gasteiger partial charge in [0.05, 0.1) is 21.2 Å². The second kappa shape index (κ2) is 5.41. The van der Waals surface area contributed by atoms with Gasteiger partial charge in [-0.05, 0) is 24.6 Å². The number of anilines is 2. The molecule has 110 valence electrons. The largest absolute Gasteiger partial charge is 0.397 e. The molecule has 0 unspecified atom stereocenters. The van der Waals surface area contributed by atoms with Crippen LogP contribution in [0.15, 0.2) is 47.4 Å². The second-order valence-corrected chi connectivity index (χ2v) is 6.05. The van der Waals surface area contributed by atoms with Gasteiger partial charge in [-0.1, -0.05) is 18.2 Å². The summed E-state index contributed by atoms with van der Waals surface area (Å²) in [6.45, 7) is 1.56. The summed E-state index contributed by atoms with van der Waals surface area (Å²) in [5.41, 5.74) is 6.30. The standard InChI is InChI=1S/C13H13N3O4S/c1-9-6-7-10(16(17)18)8-13(9)21(19,20)15-12-5-3-2-4-11(12)14/h2-8,15H,14H2,1H3. The number of hydrogen-bond acceptors (Lipinski definition) is 5. The number of nitrogen functional groups attached to an aromatic ring is 1. The monoisotopic (exact) mass is 307 g/mol. The van der Waals surface area contributed by atoms with Gasteiger partial charge in [0.2, 0.25) is 0 Å². The first-order chi connectivity index (χ1) is 9.81. The molecule has 8 heteroatoms. The summed E-state index contributed by atoms with van der Waals surface area (Å²) in [5, 5.41) is 10.8. The molecule has 21 heavy (non-hydrogen) atoms. The summed E-state index contributed by atoms with van der Waals surface area (Å²) >= 11 is 0. The van der Waals surface area contributed by atoms with Crippen LogP contribution in [0, 0.1) is 17.0 Å². The molecule has 0 bridgehead atoms. The molecule has 0 saturated heterocycles. The highest BCUT2D eigenvalue weighted by Gasteiger charge is 2.21. The van der Waals surface area contributed by atoms with Crippen LogP contribution in [0.3, 0.4) is 0 Å². The average molecular weight is 307 g/mol. The first-order valence-electron chi connectivity index (χ1n) is 5.93. The summed E-state index contributed by atoms with van der Waals surface area (Å²) in [5.74, 6) is 0. The van der Waals surface area contributed by atoms with Crippen molar-refractivity contribution in [2.75, 3.05) is 10.5 Å². The molecule has 0 aliphatic carbocycles. The lowest BCUT2D eigenvalue weighted by Crippen LogP contribution is -2.15. The van der Waals surface area contributed by atoms with Gasteiger partial charge in [-0.2, -0.15) is 0 Å². The Hall–Kier alpha value is -2.61. The van der Waals surface area contributed by atoms with E-state index in [4.69, 9.17) is 5.73 Å². The number of para-hydroxylation sites is 2. The zero-order chi connectivity index (χ0) is 15.6. The highest BCUT2D eigenvalue weighted by Crippen LogP contribution is 2.26. The third-order valence-electron chi connectivity index (χ3n) is 2.88. The normalized spacial score (nSPS) is 11.1. The summed E-state index contributed by atoms with van der Waals surface area (Å²) in [6.07, 6.45) is 0. The maximum Gasteiger partial charge on any atom is 0.270 e. The molecule has 7 nitrogen and oxygen atoms in total. The van der Waals surface area contributed by atoms with E-state index in [0.717, 1.165) is 6.07 Å². The minimum absolute atomic E-state index is 0.153. The van der Waals surface area contributed by atoms with Crippen LogP contribution in [-0.4, -0.2) is 13.3 Å². The SMILES string of the molecule is Cc1ccc([N+](=O)[O-])cc1S(=O)(=O)Nc1ccccc1N. The maximum absolute atomic E-state index is 12.4. The number of rotatable bonds is 4. The molecule has 2 rings (SSSR count). The van der Waals surface area contributed by atoms with Crippen molar-refractivity contribution in [1.82, 2.24) is 0 Å². The van der Waals surface area contributed by atoms with Crippen LogP contribution in [0.25, 0.3) is 0 Å². The van der Waals surface area contributed by atoms with E-state index in [1.54, 1.807) is 25.1 Å². The van der Waals surface area contributed by atoms with E-state index < -0.39 is 14.9 Å². The zero-order valence-electron chi connectivity index (χ0n) is 11.1. The van der Waals surface area contributed by atoms with E-state index in [9.17, 15) is 18.5 Å². The van der Waals surface area contributed by atoms with E-state index in [2.05, 4.69) is 4.72 Å². The maximum atomic E-state index is 12.4. The Balaban J connectivity index is 2.47. The Morgan fingerprint density at radius 3 is 2.48 bits per heavy atom. The van der Waals surface area contributed by atoms with Crippen LogP contribution in [0.5, 0.6) is 0 Å². The first kappa shape index (κ1) is 14.8. The molecule has 0 heterocycles. The smallest absolute Gasteiger partial charge is 0.270 e. The van der Waals surface area contributed by atoms with E-state index in [1.165, 1.54) is 18.2 Å². The van der Waals surface area contributed by atoms with Crippen molar-refractivity contribution in [2.24, 2.45) is 0 Å². The fourth-order valence-electron chi connectivity index (χ4n) is 1.78. The van der Waals surface area contributed by atoms with Crippen molar-refractivity contribution in [1.29, 1.82) is 0 Å². The van der Waals surface area contributed by atoms with Crippen LogP contribution in [0.1, 0.15) is 5.56 Å². The first-order valence-corrected chi connectivity index (χ1v) is 7.42. The van der Waals surface area contributed by atoms with Gasteiger partial charge in [-0.15, -0.1) is 0 Å². The lowest BCUT2D eigenvalue weighted by Gasteiger charge is -2.11. The van der Waals surface area contributed by atoms with Gasteiger partial charge in [0, 0.05) is 12.1 Å². The van der Waals surface area contributed by atoms with Gasteiger partial charge < -0.3 is 5.73 Å². The van der Waals surface area contributed by atoms with Crippen molar-refractivity contribution in [2.45, 2.75) is 11.8 Å². The van der Waals surface area contributed by atoms with Crippen LogP contribution >= 0.6 is 0 Å². The molecule has 3 N–H and O–H groups in total. The minimum Gasteiger partial charge on any atom is -0.397 e. The van der Waals surface area contributed by atoms with Crippen LogP contribution < -0.4 is 10.5 Å². The van der Waals surface area contributed by atoms with Gasteiger partial charge >= 0.3 is 0 Å². The Bertz CT molecular complexity index is 803. The topological polar surface area (TPSA) is 115 Å². The number of nitro benzene ring substituents is 1. The minimum atomic E-state index is -3.96. The van der Waals surface area contributed by atoms with Crippen molar-refractivity contribution < 1.29 is 13.3 Å². The van der Waals surface area contributed by atoms with Crippen LogP contribution in [0.4, 0.5) is 17.1 Å². The summed E-state index contributed by atoms with van der Waals surface area (Å²) in [7, 11) is -3.96. The Morgan fingerprint density at radius 1 is 1.19 bits per heavy atom. The number of non-ortho nitro benzene ring substituents is 1. The van der Waals surface area contributed by atoms with Crippen molar-refractivity contribution in [3.05, 3.63) is 58.1 Å². The van der Waals surface area contributed by atoms with E-state index >= 15 is 0 Å². The lowest BCUT2D eigenvalue weighted by molar-refractivity contribution is -0.385. The molecule has 0 saturated carbocycles. The van der Waals surface area contributed by atoms with Gasteiger partial charge in [0.1, 0.15) is 0 Å². The predicted octanol–water partition coefficient (Wildman–Crippen LogP) is 2.29. The molecule has 0 amide bonds. The Kier molecular flexibility index (Phi) is 3.81. The molecular weight excluding hydrogens is 294 g/mol. The van der Waals surface area contributed by atoms with Gasteiger partial charge in [-0.3, -0.25) is 14.8 Å². The molecule has 0 aromatic heterocycles. The van der Waals surface area contributed by atoms with Crippen molar-refractivity contribution >= 4 is 27.1 Å². The highest BCUT2D eigenvalue weighted by atomic mass is 32.2. The van der Waals surface area contributed by atoms with Gasteiger partial charge in [0.15, 0.2) is 0 Å². The molecule has 0 fully saturated rings. The molecule has 0 aliphatic rings. The highest BCUT2D eigenvalue weighted by molar-refractivity contribution is 7.92. The number of nitrogens with zero attached hydrogens (tertiary/aromatic N) is 1. The molecular formula is C13H13N3O4S. The average Bonchev–Trinajstić information content (AvgIpc) is 2.41. The number of nitro groups is 1. The molecule has 0 atom stereocenters. The van der Waals surface area contributed by atoms with Gasteiger partial charge in [-0.25, -0.2) is 8.42 Å². The quantitative estimate of drug-likeness (QED) is 0.511. The van der Waals surface area contributed by atoms with E-state index in [-0.39, 0.29) is 22.0 Å². The van der Waals surface area contributed by atoms with Crippen molar-refractivity contribution in [3.63, 3.8) is 0 Å². The van der Waals surface area contributed by atoms with Gasteiger partial charge in [0.25, 0.3) is 15.7 Å². The summed E-state index contributed by atoms with van der Waals surface area (Å²) in [4.78, 5) is 9.98. The van der Waals surface area contributed by atoms with Crippen LogP contribution in [-0.2, 0) is 10.0 Å². The van der Waals surface area contributed by atoms with Crippen LogP contribution in [0.2, 0.25) is 0 Å². The number of nitrogens with one attached hydrogen (secondary N) is 1. The number of hydrogen-bond donors (Lipinski definition) is 2. The number of benzene rings is 2. The van der Waals surface area contributed by atoms with E-state index in [1.807, 2.05) is 0 Å². The third kappa shape index (κ3) is 3.11. The Morgan fingerprint density at radius 2 is 1.86 bits per heavy atom. The molecule has 2 aromatic rings. The second-order valence-electron chi connectivity index (χ2n) is 4.40. The number of nitrogens with two attached hydrogens (primary N) is 1. The summed E-state index contributed by atoms with van der Waals surface area (Å²) < 4.78 is 27.1. The predicted molar refractivity (Wildman–Crippen MR) is 79.5 cm³/mol. The molecule has 0 spiro atoms. The van der Waals surface area contributed by atoms with E-state index in [0.29, 0.717) is 5.56 Å². The zero-order valence-corrected chi connectivity index (χ0v) is 11.9. The lowest BCUT2D eigenvalue weighted by atomic mass is 10.2.